The summed E-state index contributed by atoms with van der Waals surface area (Å²) in [5.41, 5.74) is 1.17. The van der Waals surface area contributed by atoms with Gasteiger partial charge in [0, 0.05) is 25.0 Å². The van der Waals surface area contributed by atoms with E-state index >= 15 is 0 Å². The summed E-state index contributed by atoms with van der Waals surface area (Å²) in [5, 5.41) is 12.6. The number of hydrogen-bond acceptors (Lipinski definition) is 3. The van der Waals surface area contributed by atoms with Crippen LogP contribution in [0.25, 0.3) is 0 Å². The molecule has 0 bridgehead atoms. The summed E-state index contributed by atoms with van der Waals surface area (Å²) in [6.45, 7) is 0.801. The summed E-state index contributed by atoms with van der Waals surface area (Å²) in [6.07, 6.45) is 5.49. The van der Waals surface area contributed by atoms with Gasteiger partial charge in [-0.05, 0) is 24.5 Å². The van der Waals surface area contributed by atoms with Gasteiger partial charge >= 0.3 is 0 Å². The third-order valence-corrected chi connectivity index (χ3v) is 2.53. The molecule has 1 aliphatic carbocycles. The predicted octanol–water partition coefficient (Wildman–Crippen LogP) is 0.694. The van der Waals surface area contributed by atoms with Crippen LogP contribution in [-0.4, -0.2) is 22.2 Å². The van der Waals surface area contributed by atoms with E-state index in [2.05, 4.69) is 10.3 Å². The van der Waals surface area contributed by atoms with Gasteiger partial charge in [0.25, 0.3) is 0 Å². The topological polar surface area (TPSA) is 45.1 Å². The molecule has 2 atom stereocenters. The van der Waals surface area contributed by atoms with Crippen molar-refractivity contribution in [3.05, 3.63) is 30.1 Å². The number of pyridine rings is 1. The van der Waals surface area contributed by atoms with Crippen LogP contribution in [0, 0.1) is 0 Å². The molecule has 0 spiro atoms. The van der Waals surface area contributed by atoms with Crippen LogP contribution < -0.4 is 5.32 Å². The third-order valence-electron chi connectivity index (χ3n) is 2.53. The Hall–Kier alpha value is -0.930. The Morgan fingerprint density at radius 2 is 2.46 bits per heavy atom. The van der Waals surface area contributed by atoms with Crippen molar-refractivity contribution in [1.82, 2.24) is 10.3 Å². The summed E-state index contributed by atoms with van der Waals surface area (Å²) in [7, 11) is 0. The number of nitrogens with one attached hydrogen (secondary N) is 1. The number of rotatable bonds is 3. The highest BCUT2D eigenvalue weighted by atomic mass is 16.3. The third kappa shape index (κ3) is 2.05. The van der Waals surface area contributed by atoms with E-state index in [1.807, 2.05) is 18.3 Å². The van der Waals surface area contributed by atoms with Crippen LogP contribution in [0.2, 0.25) is 0 Å². The zero-order chi connectivity index (χ0) is 9.10. The smallest absolute Gasteiger partial charge is 0.0693 e. The Bertz CT molecular complexity index is 263. The van der Waals surface area contributed by atoms with E-state index < -0.39 is 0 Å². The maximum atomic E-state index is 9.31. The predicted molar refractivity (Wildman–Crippen MR) is 50.1 cm³/mol. The first-order valence-electron chi connectivity index (χ1n) is 4.66. The van der Waals surface area contributed by atoms with Crippen LogP contribution in [0.5, 0.6) is 0 Å². The first-order chi connectivity index (χ1) is 6.36. The van der Waals surface area contributed by atoms with Gasteiger partial charge in [-0.1, -0.05) is 6.07 Å². The largest absolute Gasteiger partial charge is 0.392 e. The van der Waals surface area contributed by atoms with E-state index in [4.69, 9.17) is 0 Å². The lowest BCUT2D eigenvalue weighted by Gasteiger charge is -2.33. The average molecular weight is 178 g/mol. The molecule has 0 aliphatic heterocycles. The monoisotopic (exact) mass is 178 g/mol. The molecule has 1 aliphatic rings. The van der Waals surface area contributed by atoms with Gasteiger partial charge < -0.3 is 10.4 Å². The first-order valence-corrected chi connectivity index (χ1v) is 4.66. The van der Waals surface area contributed by atoms with Gasteiger partial charge in [-0.3, -0.25) is 4.98 Å². The molecular weight excluding hydrogens is 164 g/mol. The minimum Gasteiger partial charge on any atom is -0.392 e. The van der Waals surface area contributed by atoms with Crippen molar-refractivity contribution >= 4 is 0 Å². The van der Waals surface area contributed by atoms with Crippen LogP contribution in [0.4, 0.5) is 0 Å². The number of hydrogen-bond donors (Lipinski definition) is 2. The maximum Gasteiger partial charge on any atom is 0.0693 e. The van der Waals surface area contributed by atoms with Gasteiger partial charge in [0.05, 0.1) is 6.10 Å². The average Bonchev–Trinajstić information content (AvgIpc) is 2.17. The van der Waals surface area contributed by atoms with E-state index in [0.717, 1.165) is 19.4 Å². The lowest BCUT2D eigenvalue weighted by Crippen LogP contribution is -2.47. The van der Waals surface area contributed by atoms with Crippen LogP contribution in [0.1, 0.15) is 18.4 Å². The molecule has 3 heteroatoms. The zero-order valence-electron chi connectivity index (χ0n) is 7.48. The molecule has 0 unspecified atom stereocenters. The molecule has 0 radical (unpaired) electrons. The molecule has 0 amide bonds. The molecule has 3 nitrogen and oxygen atoms in total. The molecular formula is C10H14N2O. The molecule has 0 saturated heterocycles. The van der Waals surface area contributed by atoms with Gasteiger partial charge in [0.2, 0.25) is 0 Å². The van der Waals surface area contributed by atoms with Crippen molar-refractivity contribution in [1.29, 1.82) is 0 Å². The van der Waals surface area contributed by atoms with Crippen LogP contribution in [-0.2, 0) is 6.54 Å². The minimum absolute atomic E-state index is 0.142. The zero-order valence-corrected chi connectivity index (χ0v) is 7.48. The molecule has 1 aromatic rings. The van der Waals surface area contributed by atoms with E-state index in [9.17, 15) is 5.11 Å². The van der Waals surface area contributed by atoms with Crippen molar-refractivity contribution < 1.29 is 5.11 Å². The van der Waals surface area contributed by atoms with E-state index in [0.29, 0.717) is 6.04 Å². The highest BCUT2D eigenvalue weighted by Gasteiger charge is 2.27. The summed E-state index contributed by atoms with van der Waals surface area (Å²) >= 11 is 0. The van der Waals surface area contributed by atoms with Gasteiger partial charge in [0.1, 0.15) is 0 Å². The van der Waals surface area contributed by atoms with Gasteiger partial charge in [-0.25, -0.2) is 0 Å². The fourth-order valence-corrected chi connectivity index (χ4v) is 1.47. The first kappa shape index (κ1) is 8.66. The number of nitrogens with zero attached hydrogens (tertiary/aromatic N) is 1. The van der Waals surface area contributed by atoms with E-state index in [1.165, 1.54) is 5.56 Å². The Balaban J connectivity index is 1.80. The lowest BCUT2D eigenvalue weighted by molar-refractivity contribution is 0.0493. The van der Waals surface area contributed by atoms with E-state index in [1.54, 1.807) is 6.20 Å². The fourth-order valence-electron chi connectivity index (χ4n) is 1.47. The Kier molecular flexibility index (Phi) is 2.57. The summed E-state index contributed by atoms with van der Waals surface area (Å²) < 4.78 is 0. The van der Waals surface area contributed by atoms with Crippen LogP contribution in [0.15, 0.2) is 24.5 Å². The van der Waals surface area contributed by atoms with Crippen LogP contribution in [0.3, 0.4) is 0 Å². The standard InChI is InChI=1S/C10H14N2O/c13-10-4-3-9(10)12-7-8-2-1-5-11-6-8/h1-2,5-6,9-10,12-13H,3-4,7H2/t9-,10-/m0/s1. The maximum absolute atomic E-state index is 9.31. The minimum atomic E-state index is -0.142. The molecule has 1 saturated carbocycles. The fraction of sp³-hybridized carbons (Fsp3) is 0.500. The molecule has 70 valence electrons. The normalized spacial score (nSPS) is 26.8. The SMILES string of the molecule is O[C@H]1CC[C@@H]1NCc1cccnc1. The number of aliphatic hydroxyl groups excluding tert-OH is 1. The Labute approximate surface area is 77.8 Å². The molecule has 2 N–H and O–H groups in total. The Morgan fingerprint density at radius 1 is 1.54 bits per heavy atom. The van der Waals surface area contributed by atoms with Gasteiger partial charge in [0.15, 0.2) is 0 Å². The van der Waals surface area contributed by atoms with Crippen molar-refractivity contribution in [2.45, 2.75) is 31.5 Å². The highest BCUT2D eigenvalue weighted by molar-refractivity contribution is 5.08. The summed E-state index contributed by atoms with van der Waals surface area (Å²) in [6, 6.07) is 4.25. The molecule has 2 rings (SSSR count). The summed E-state index contributed by atoms with van der Waals surface area (Å²) in [5.74, 6) is 0. The van der Waals surface area contributed by atoms with Gasteiger partial charge in [-0.2, -0.15) is 0 Å². The quantitative estimate of drug-likeness (QED) is 0.716. The molecule has 1 aromatic heterocycles. The van der Waals surface area contributed by atoms with E-state index in [-0.39, 0.29) is 6.10 Å². The molecule has 1 fully saturated rings. The van der Waals surface area contributed by atoms with Crippen molar-refractivity contribution in [2.24, 2.45) is 0 Å². The van der Waals surface area contributed by atoms with Crippen molar-refractivity contribution in [2.75, 3.05) is 0 Å². The second kappa shape index (κ2) is 3.85. The summed E-state index contributed by atoms with van der Waals surface area (Å²) in [4.78, 5) is 4.02. The number of aromatic nitrogens is 1. The molecule has 1 heterocycles. The highest BCUT2D eigenvalue weighted by Crippen LogP contribution is 2.19. The van der Waals surface area contributed by atoms with Crippen LogP contribution >= 0.6 is 0 Å². The second-order valence-corrected chi connectivity index (χ2v) is 3.49. The Morgan fingerprint density at radius 3 is 3.00 bits per heavy atom. The number of aliphatic hydroxyl groups is 1. The molecule has 13 heavy (non-hydrogen) atoms. The van der Waals surface area contributed by atoms with Crippen molar-refractivity contribution in [3.63, 3.8) is 0 Å². The lowest BCUT2D eigenvalue weighted by atomic mass is 9.89. The van der Waals surface area contributed by atoms with Gasteiger partial charge in [-0.15, -0.1) is 0 Å². The van der Waals surface area contributed by atoms with Crippen molar-refractivity contribution in [3.8, 4) is 0 Å². The molecule has 0 aromatic carbocycles. The second-order valence-electron chi connectivity index (χ2n) is 3.49.